The number of anilines is 1. The van der Waals surface area contributed by atoms with Crippen molar-refractivity contribution < 1.29 is 4.92 Å². The molecule has 0 fully saturated rings. The molecule has 0 aromatic carbocycles. The number of hydrogen-bond donors (Lipinski definition) is 2. The SMILES string of the molecule is CCCc1nn(C)c(NCC(C)CNC)c1[N+](=O)[O-]. The molecule has 1 rings (SSSR count). The third kappa shape index (κ3) is 3.92. The van der Waals surface area contributed by atoms with E-state index in [9.17, 15) is 10.1 Å². The highest BCUT2D eigenvalue weighted by atomic mass is 16.6. The van der Waals surface area contributed by atoms with Crippen molar-refractivity contribution in [2.75, 3.05) is 25.5 Å². The first kappa shape index (κ1) is 15.4. The molecule has 0 amide bonds. The normalized spacial score (nSPS) is 12.4. The monoisotopic (exact) mass is 269 g/mol. The van der Waals surface area contributed by atoms with E-state index in [0.717, 1.165) is 13.0 Å². The minimum absolute atomic E-state index is 0.112. The third-order valence-corrected chi connectivity index (χ3v) is 2.93. The van der Waals surface area contributed by atoms with E-state index in [4.69, 9.17) is 0 Å². The molecular weight excluding hydrogens is 246 g/mol. The lowest BCUT2D eigenvalue weighted by molar-refractivity contribution is -0.384. The van der Waals surface area contributed by atoms with E-state index in [-0.39, 0.29) is 10.6 Å². The predicted molar refractivity (Wildman–Crippen MR) is 75.4 cm³/mol. The lowest BCUT2D eigenvalue weighted by Gasteiger charge is -2.12. The summed E-state index contributed by atoms with van der Waals surface area (Å²) in [5.41, 5.74) is 0.666. The van der Waals surface area contributed by atoms with Crippen LogP contribution in [-0.2, 0) is 13.5 Å². The standard InChI is InChI=1S/C12H23N5O2/c1-5-6-10-11(17(18)19)12(16(4)15-10)14-8-9(2)7-13-3/h9,13-14H,5-8H2,1-4H3. The van der Waals surface area contributed by atoms with E-state index in [1.54, 1.807) is 11.7 Å². The van der Waals surface area contributed by atoms with Gasteiger partial charge >= 0.3 is 5.69 Å². The summed E-state index contributed by atoms with van der Waals surface area (Å²) < 4.78 is 1.56. The van der Waals surface area contributed by atoms with Crippen molar-refractivity contribution in [3.05, 3.63) is 15.8 Å². The highest BCUT2D eigenvalue weighted by molar-refractivity contribution is 5.59. The molecular formula is C12H23N5O2. The third-order valence-electron chi connectivity index (χ3n) is 2.93. The number of aryl methyl sites for hydroxylation is 2. The maximum absolute atomic E-state index is 11.2. The Labute approximate surface area is 113 Å². The van der Waals surface area contributed by atoms with Gasteiger partial charge in [0, 0.05) is 13.6 Å². The van der Waals surface area contributed by atoms with Crippen LogP contribution in [0.25, 0.3) is 0 Å². The van der Waals surface area contributed by atoms with Crippen LogP contribution in [0.3, 0.4) is 0 Å². The van der Waals surface area contributed by atoms with Gasteiger partial charge in [-0.3, -0.25) is 10.1 Å². The second-order valence-corrected chi connectivity index (χ2v) is 4.82. The van der Waals surface area contributed by atoms with Gasteiger partial charge < -0.3 is 10.6 Å². The van der Waals surface area contributed by atoms with Crippen molar-refractivity contribution in [2.24, 2.45) is 13.0 Å². The van der Waals surface area contributed by atoms with Crippen molar-refractivity contribution in [1.29, 1.82) is 0 Å². The quantitative estimate of drug-likeness (QED) is 0.552. The number of rotatable bonds is 8. The van der Waals surface area contributed by atoms with Gasteiger partial charge in [-0.25, -0.2) is 4.68 Å². The fourth-order valence-electron chi connectivity index (χ4n) is 2.06. The molecule has 1 aromatic heterocycles. The van der Waals surface area contributed by atoms with Gasteiger partial charge in [0.25, 0.3) is 0 Å². The summed E-state index contributed by atoms with van der Waals surface area (Å²) in [6.45, 7) is 5.60. The Morgan fingerprint density at radius 3 is 2.68 bits per heavy atom. The lowest BCUT2D eigenvalue weighted by Crippen LogP contribution is -2.23. The van der Waals surface area contributed by atoms with E-state index < -0.39 is 0 Å². The van der Waals surface area contributed by atoms with Gasteiger partial charge in [-0.1, -0.05) is 20.3 Å². The molecule has 0 aliphatic rings. The zero-order valence-electron chi connectivity index (χ0n) is 12.1. The number of nitro groups is 1. The van der Waals surface area contributed by atoms with Gasteiger partial charge in [0.15, 0.2) is 0 Å². The van der Waals surface area contributed by atoms with Crippen molar-refractivity contribution in [3.8, 4) is 0 Å². The number of hydrogen-bond acceptors (Lipinski definition) is 5. The molecule has 1 atom stereocenters. The number of nitrogens with one attached hydrogen (secondary N) is 2. The second-order valence-electron chi connectivity index (χ2n) is 4.82. The first-order valence-electron chi connectivity index (χ1n) is 6.59. The van der Waals surface area contributed by atoms with E-state index >= 15 is 0 Å². The molecule has 7 heteroatoms. The summed E-state index contributed by atoms with van der Waals surface area (Å²) in [5, 5.41) is 21.7. The smallest absolute Gasteiger partial charge is 0.333 e. The fourth-order valence-corrected chi connectivity index (χ4v) is 2.06. The van der Waals surface area contributed by atoms with Crippen molar-refractivity contribution in [2.45, 2.75) is 26.7 Å². The molecule has 2 N–H and O–H groups in total. The fraction of sp³-hybridized carbons (Fsp3) is 0.750. The average Bonchev–Trinajstić information content (AvgIpc) is 2.64. The molecule has 1 aromatic rings. The molecule has 0 spiro atoms. The first-order valence-corrected chi connectivity index (χ1v) is 6.59. The molecule has 0 saturated carbocycles. The Hall–Kier alpha value is -1.63. The van der Waals surface area contributed by atoms with Crippen LogP contribution < -0.4 is 10.6 Å². The summed E-state index contributed by atoms with van der Waals surface area (Å²) in [4.78, 5) is 10.9. The Bertz CT molecular complexity index is 430. The highest BCUT2D eigenvalue weighted by Gasteiger charge is 2.25. The molecule has 0 bridgehead atoms. The Morgan fingerprint density at radius 1 is 1.47 bits per heavy atom. The van der Waals surface area contributed by atoms with Gasteiger partial charge in [0.05, 0.1) is 4.92 Å². The summed E-state index contributed by atoms with van der Waals surface area (Å²) in [6, 6.07) is 0. The van der Waals surface area contributed by atoms with Crippen LogP contribution in [0.4, 0.5) is 11.5 Å². The van der Waals surface area contributed by atoms with Gasteiger partial charge in [0.1, 0.15) is 5.69 Å². The van der Waals surface area contributed by atoms with E-state index in [1.165, 1.54) is 0 Å². The van der Waals surface area contributed by atoms with Gasteiger partial charge in [0.2, 0.25) is 5.82 Å². The molecule has 0 aliphatic carbocycles. The molecule has 1 unspecified atom stereocenters. The van der Waals surface area contributed by atoms with E-state index in [1.807, 2.05) is 14.0 Å². The minimum atomic E-state index is -0.344. The molecule has 19 heavy (non-hydrogen) atoms. The average molecular weight is 269 g/mol. The molecule has 108 valence electrons. The molecule has 0 saturated heterocycles. The van der Waals surface area contributed by atoms with Crippen LogP contribution in [0.1, 0.15) is 26.0 Å². The summed E-state index contributed by atoms with van der Waals surface area (Å²) >= 11 is 0. The van der Waals surface area contributed by atoms with Gasteiger partial charge in [-0.05, 0) is 25.9 Å². The zero-order chi connectivity index (χ0) is 14.4. The van der Waals surface area contributed by atoms with Crippen molar-refractivity contribution >= 4 is 11.5 Å². The number of aromatic nitrogens is 2. The Kier molecular flexibility index (Phi) is 5.75. The molecule has 0 radical (unpaired) electrons. The van der Waals surface area contributed by atoms with Crippen molar-refractivity contribution in [3.63, 3.8) is 0 Å². The molecule has 7 nitrogen and oxygen atoms in total. The zero-order valence-corrected chi connectivity index (χ0v) is 12.1. The Morgan fingerprint density at radius 2 is 2.16 bits per heavy atom. The molecule has 1 heterocycles. The summed E-state index contributed by atoms with van der Waals surface area (Å²) in [6.07, 6.45) is 1.46. The minimum Gasteiger partial charge on any atom is -0.364 e. The van der Waals surface area contributed by atoms with Gasteiger partial charge in [-0.15, -0.1) is 0 Å². The van der Waals surface area contributed by atoms with Crippen molar-refractivity contribution in [1.82, 2.24) is 15.1 Å². The summed E-state index contributed by atoms with van der Waals surface area (Å²) in [5.74, 6) is 0.880. The first-order chi connectivity index (χ1) is 9.01. The highest BCUT2D eigenvalue weighted by Crippen LogP contribution is 2.29. The van der Waals surface area contributed by atoms with E-state index in [0.29, 0.717) is 30.4 Å². The largest absolute Gasteiger partial charge is 0.364 e. The van der Waals surface area contributed by atoms with Gasteiger partial charge in [-0.2, -0.15) is 5.10 Å². The van der Waals surface area contributed by atoms with Crippen LogP contribution in [0.5, 0.6) is 0 Å². The van der Waals surface area contributed by atoms with Crippen LogP contribution in [0.15, 0.2) is 0 Å². The topological polar surface area (TPSA) is 85.0 Å². The van der Waals surface area contributed by atoms with Crippen LogP contribution in [0.2, 0.25) is 0 Å². The summed E-state index contributed by atoms with van der Waals surface area (Å²) in [7, 11) is 3.62. The maximum Gasteiger partial charge on any atom is 0.333 e. The lowest BCUT2D eigenvalue weighted by atomic mass is 10.2. The van der Waals surface area contributed by atoms with E-state index in [2.05, 4.69) is 22.7 Å². The molecule has 0 aliphatic heterocycles. The number of nitrogens with zero attached hydrogens (tertiary/aromatic N) is 3. The Balaban J connectivity index is 2.89. The predicted octanol–water partition coefficient (Wildman–Crippen LogP) is 1.55. The van der Waals surface area contributed by atoms with Crippen LogP contribution in [-0.4, -0.2) is 34.8 Å². The van der Waals surface area contributed by atoms with Crippen LogP contribution in [0, 0.1) is 16.0 Å². The van der Waals surface area contributed by atoms with Crippen LogP contribution >= 0.6 is 0 Å². The second kappa shape index (κ2) is 7.08. The maximum atomic E-state index is 11.2.